The van der Waals surface area contributed by atoms with E-state index in [1.165, 1.54) is 0 Å². The molecule has 0 aliphatic carbocycles. The summed E-state index contributed by atoms with van der Waals surface area (Å²) in [5.41, 5.74) is 5.16. The molecule has 0 aliphatic rings. The van der Waals surface area contributed by atoms with Crippen LogP contribution in [0.2, 0.25) is 0 Å². The Morgan fingerprint density at radius 1 is 1.29 bits per heavy atom. The molecule has 0 spiro atoms. The lowest BCUT2D eigenvalue weighted by molar-refractivity contribution is -0.0247. The van der Waals surface area contributed by atoms with Crippen LogP contribution in [0.5, 0.6) is 0 Å². The summed E-state index contributed by atoms with van der Waals surface area (Å²) in [5, 5.41) is 7.67. The lowest BCUT2D eigenvalue weighted by Crippen LogP contribution is -2.18. The smallest absolute Gasteiger partial charge is 0.242 e. The van der Waals surface area contributed by atoms with Crippen molar-refractivity contribution in [3.63, 3.8) is 0 Å². The van der Waals surface area contributed by atoms with Crippen LogP contribution in [-0.2, 0) is 17.8 Å². The van der Waals surface area contributed by atoms with Gasteiger partial charge >= 0.3 is 0 Å². The summed E-state index contributed by atoms with van der Waals surface area (Å²) in [4.78, 5) is 0. The fourth-order valence-electron chi connectivity index (χ4n) is 0.849. The van der Waals surface area contributed by atoms with Crippen LogP contribution in [0, 0.1) is 0 Å². The summed E-state index contributed by atoms with van der Waals surface area (Å²) in [6, 6.07) is 0. The number of nitrogens with zero attached hydrogens (tertiary/aromatic N) is 2. The van der Waals surface area contributed by atoms with Crippen molar-refractivity contribution in [2.24, 2.45) is 5.73 Å². The minimum atomic E-state index is -0.192. The van der Waals surface area contributed by atoms with Crippen LogP contribution in [0.3, 0.4) is 0 Å². The molecule has 80 valence electrons. The third-order valence-electron chi connectivity index (χ3n) is 1.50. The van der Waals surface area contributed by atoms with Crippen molar-refractivity contribution in [1.29, 1.82) is 0 Å². The average Bonchev–Trinajstić information content (AvgIpc) is 2.49. The van der Waals surface area contributed by atoms with Crippen LogP contribution >= 0.6 is 0 Å². The van der Waals surface area contributed by atoms with Gasteiger partial charge in [0.05, 0.1) is 5.60 Å². The fraction of sp³-hybridized carbons (Fsp3) is 0.778. The molecule has 14 heavy (non-hydrogen) atoms. The Hall–Kier alpha value is -0.940. The molecule has 0 radical (unpaired) electrons. The van der Waals surface area contributed by atoms with Gasteiger partial charge in [-0.05, 0) is 20.8 Å². The quantitative estimate of drug-likeness (QED) is 0.779. The summed E-state index contributed by atoms with van der Waals surface area (Å²) in [6.45, 7) is 6.79. The van der Waals surface area contributed by atoms with E-state index in [1.807, 2.05) is 20.8 Å². The first-order valence-corrected chi connectivity index (χ1v) is 4.66. The average molecular weight is 199 g/mol. The first kappa shape index (κ1) is 11.1. The molecular formula is C9H17N3O2. The molecule has 1 aromatic rings. The molecule has 0 aliphatic heterocycles. The Morgan fingerprint density at radius 2 is 1.93 bits per heavy atom. The Labute approximate surface area is 83.6 Å². The van der Waals surface area contributed by atoms with E-state index in [0.717, 1.165) is 0 Å². The van der Waals surface area contributed by atoms with E-state index >= 15 is 0 Å². The maximum Gasteiger partial charge on any atom is 0.242 e. The Bertz CT molecular complexity index is 278. The van der Waals surface area contributed by atoms with Crippen LogP contribution in [0.1, 0.15) is 32.6 Å². The summed E-state index contributed by atoms with van der Waals surface area (Å²) < 4.78 is 10.8. The van der Waals surface area contributed by atoms with E-state index in [1.54, 1.807) is 0 Å². The highest BCUT2D eigenvalue weighted by atomic mass is 16.5. The third kappa shape index (κ3) is 3.85. The molecule has 0 atom stereocenters. The number of aromatic nitrogens is 2. The largest absolute Gasteiger partial charge is 0.423 e. The van der Waals surface area contributed by atoms with Gasteiger partial charge < -0.3 is 14.9 Å². The molecule has 0 fully saturated rings. The number of ether oxygens (including phenoxy) is 1. The zero-order valence-electron chi connectivity index (χ0n) is 8.91. The SMILES string of the molecule is CC(C)(C)OCc1nnc(CCN)o1. The second kappa shape index (κ2) is 4.52. The highest BCUT2D eigenvalue weighted by Gasteiger charge is 2.13. The van der Waals surface area contributed by atoms with Gasteiger partial charge in [-0.15, -0.1) is 10.2 Å². The van der Waals surface area contributed by atoms with Gasteiger partial charge in [-0.3, -0.25) is 0 Å². The first-order valence-electron chi connectivity index (χ1n) is 4.66. The van der Waals surface area contributed by atoms with Gasteiger partial charge in [-0.2, -0.15) is 0 Å². The summed E-state index contributed by atoms with van der Waals surface area (Å²) in [5.74, 6) is 1.07. The molecule has 1 aromatic heterocycles. The van der Waals surface area contributed by atoms with Crippen molar-refractivity contribution in [3.8, 4) is 0 Å². The molecule has 5 nitrogen and oxygen atoms in total. The molecule has 1 rings (SSSR count). The predicted molar refractivity (Wildman–Crippen MR) is 51.6 cm³/mol. The van der Waals surface area contributed by atoms with Crippen LogP contribution in [-0.4, -0.2) is 22.3 Å². The standard InChI is InChI=1S/C9H17N3O2/c1-9(2,3)13-6-8-12-11-7(14-8)4-5-10/h4-6,10H2,1-3H3. The van der Waals surface area contributed by atoms with Crippen molar-refractivity contribution in [2.75, 3.05) is 6.54 Å². The third-order valence-corrected chi connectivity index (χ3v) is 1.50. The van der Waals surface area contributed by atoms with Gasteiger partial charge in [0.25, 0.3) is 0 Å². The number of rotatable bonds is 4. The highest BCUT2D eigenvalue weighted by molar-refractivity contribution is 4.81. The molecule has 5 heteroatoms. The Kier molecular flexibility index (Phi) is 3.60. The van der Waals surface area contributed by atoms with Crippen molar-refractivity contribution in [1.82, 2.24) is 10.2 Å². The molecule has 0 amide bonds. The monoisotopic (exact) mass is 199 g/mol. The molecule has 1 heterocycles. The summed E-state index contributed by atoms with van der Waals surface area (Å²) in [6.07, 6.45) is 0.614. The van der Waals surface area contributed by atoms with E-state index in [9.17, 15) is 0 Å². The maximum absolute atomic E-state index is 5.48. The van der Waals surface area contributed by atoms with E-state index in [0.29, 0.717) is 31.4 Å². The molecule has 0 bridgehead atoms. The molecule has 0 unspecified atom stereocenters. The summed E-state index contributed by atoms with van der Waals surface area (Å²) in [7, 11) is 0. The molecule has 2 N–H and O–H groups in total. The number of hydrogen-bond donors (Lipinski definition) is 1. The summed E-state index contributed by atoms with van der Waals surface area (Å²) >= 11 is 0. The predicted octanol–water partition coefficient (Wildman–Crippen LogP) is 0.886. The van der Waals surface area contributed by atoms with E-state index in [-0.39, 0.29) is 5.60 Å². The zero-order chi connectivity index (χ0) is 10.6. The van der Waals surface area contributed by atoms with Crippen molar-refractivity contribution < 1.29 is 9.15 Å². The minimum absolute atomic E-state index is 0.192. The van der Waals surface area contributed by atoms with Crippen molar-refractivity contribution >= 4 is 0 Å². The van der Waals surface area contributed by atoms with Gasteiger partial charge in [-0.1, -0.05) is 0 Å². The van der Waals surface area contributed by atoms with Crippen LogP contribution in [0.4, 0.5) is 0 Å². The lowest BCUT2D eigenvalue weighted by Gasteiger charge is -2.17. The number of hydrogen-bond acceptors (Lipinski definition) is 5. The van der Waals surface area contributed by atoms with Gasteiger partial charge in [-0.25, -0.2) is 0 Å². The second-order valence-corrected chi connectivity index (χ2v) is 4.03. The molecule has 0 saturated carbocycles. The number of nitrogens with two attached hydrogens (primary N) is 1. The topological polar surface area (TPSA) is 74.2 Å². The van der Waals surface area contributed by atoms with E-state index in [2.05, 4.69) is 10.2 Å². The maximum atomic E-state index is 5.48. The lowest BCUT2D eigenvalue weighted by atomic mass is 10.2. The minimum Gasteiger partial charge on any atom is -0.423 e. The van der Waals surface area contributed by atoms with Gasteiger partial charge in [0, 0.05) is 13.0 Å². The van der Waals surface area contributed by atoms with Gasteiger partial charge in [0.1, 0.15) is 6.61 Å². The van der Waals surface area contributed by atoms with Crippen LogP contribution in [0.15, 0.2) is 4.42 Å². The van der Waals surface area contributed by atoms with E-state index in [4.69, 9.17) is 14.9 Å². The highest BCUT2D eigenvalue weighted by Crippen LogP contribution is 2.10. The van der Waals surface area contributed by atoms with Crippen LogP contribution in [0.25, 0.3) is 0 Å². The molecule has 0 aromatic carbocycles. The fourth-order valence-corrected chi connectivity index (χ4v) is 0.849. The zero-order valence-corrected chi connectivity index (χ0v) is 8.91. The normalized spacial score (nSPS) is 12.0. The molecule has 0 saturated heterocycles. The first-order chi connectivity index (χ1) is 6.51. The van der Waals surface area contributed by atoms with Gasteiger partial charge in [0.15, 0.2) is 0 Å². The second-order valence-electron chi connectivity index (χ2n) is 4.03. The Balaban J connectivity index is 2.44. The van der Waals surface area contributed by atoms with Gasteiger partial charge in [0.2, 0.25) is 11.8 Å². The van der Waals surface area contributed by atoms with E-state index < -0.39 is 0 Å². The Morgan fingerprint density at radius 3 is 2.50 bits per heavy atom. The van der Waals surface area contributed by atoms with Crippen LogP contribution < -0.4 is 5.73 Å². The molecular weight excluding hydrogens is 182 g/mol. The van der Waals surface area contributed by atoms with Crippen molar-refractivity contribution in [2.45, 2.75) is 39.4 Å². The van der Waals surface area contributed by atoms with Crippen molar-refractivity contribution in [3.05, 3.63) is 11.8 Å².